The first-order chi connectivity index (χ1) is 7.28. The van der Waals surface area contributed by atoms with Crippen molar-refractivity contribution in [3.05, 3.63) is 23.8 Å². The van der Waals surface area contributed by atoms with E-state index >= 15 is 0 Å². The number of hydrogen-bond donors (Lipinski definition) is 0. The maximum atomic E-state index is 5.31. The smallest absolute Gasteiger partial charge is 0.203 e. The van der Waals surface area contributed by atoms with E-state index in [1.807, 2.05) is 31.2 Å². The minimum atomic E-state index is 0.621. The number of ether oxygens (including phenoxy) is 3. The number of methoxy groups -OCH3 is 3. The van der Waals surface area contributed by atoms with Gasteiger partial charge in [-0.3, -0.25) is 0 Å². The summed E-state index contributed by atoms with van der Waals surface area (Å²) in [5.41, 5.74) is 0.970. The molecular weight excluding hydrogens is 192 g/mol. The highest BCUT2D eigenvalue weighted by Gasteiger charge is 2.13. The third-order valence-corrected chi connectivity index (χ3v) is 2.08. The van der Waals surface area contributed by atoms with Crippen molar-refractivity contribution in [2.75, 3.05) is 21.3 Å². The molecule has 0 saturated heterocycles. The second-order valence-electron chi connectivity index (χ2n) is 2.92. The summed E-state index contributed by atoms with van der Waals surface area (Å²) in [5.74, 6) is 1.98. The van der Waals surface area contributed by atoms with E-state index in [9.17, 15) is 0 Å². The monoisotopic (exact) mass is 208 g/mol. The lowest BCUT2D eigenvalue weighted by Gasteiger charge is -2.13. The molecule has 0 atom stereocenters. The minimum Gasteiger partial charge on any atom is -0.493 e. The van der Waals surface area contributed by atoms with E-state index in [1.54, 1.807) is 21.3 Å². The van der Waals surface area contributed by atoms with Gasteiger partial charge in [0.25, 0.3) is 0 Å². The second kappa shape index (κ2) is 5.29. The van der Waals surface area contributed by atoms with Crippen molar-refractivity contribution < 1.29 is 14.2 Å². The Morgan fingerprint density at radius 2 is 1.60 bits per heavy atom. The summed E-state index contributed by atoms with van der Waals surface area (Å²) in [6.07, 6.45) is 3.91. The fourth-order valence-electron chi connectivity index (χ4n) is 1.44. The third kappa shape index (κ3) is 2.24. The van der Waals surface area contributed by atoms with Crippen LogP contribution in [0, 0.1) is 0 Å². The van der Waals surface area contributed by atoms with Gasteiger partial charge >= 0.3 is 0 Å². The Morgan fingerprint density at radius 1 is 0.933 bits per heavy atom. The van der Waals surface area contributed by atoms with Gasteiger partial charge in [0.05, 0.1) is 21.3 Å². The molecule has 82 valence electrons. The minimum absolute atomic E-state index is 0.621. The Kier molecular flexibility index (Phi) is 4.03. The first kappa shape index (κ1) is 11.4. The highest BCUT2D eigenvalue weighted by atomic mass is 16.5. The molecule has 0 amide bonds. The zero-order chi connectivity index (χ0) is 11.3. The lowest BCUT2D eigenvalue weighted by molar-refractivity contribution is 0.324. The lowest BCUT2D eigenvalue weighted by atomic mass is 10.1. The predicted molar refractivity (Wildman–Crippen MR) is 60.8 cm³/mol. The molecule has 3 nitrogen and oxygen atoms in total. The Bertz CT molecular complexity index is 356. The molecule has 0 radical (unpaired) electrons. The number of rotatable bonds is 4. The standard InChI is InChI=1S/C12H16O3/c1-5-6-9-7-8-10(13-2)12(15-4)11(9)14-3/h5-8H,1-4H3. The van der Waals surface area contributed by atoms with Crippen molar-refractivity contribution in [3.63, 3.8) is 0 Å². The molecule has 0 bridgehead atoms. The first-order valence-corrected chi connectivity index (χ1v) is 4.70. The van der Waals surface area contributed by atoms with Gasteiger partial charge in [-0.1, -0.05) is 12.2 Å². The molecule has 0 aliphatic carbocycles. The molecule has 15 heavy (non-hydrogen) atoms. The highest BCUT2D eigenvalue weighted by Crippen LogP contribution is 2.40. The van der Waals surface area contributed by atoms with Crippen LogP contribution in [0.1, 0.15) is 12.5 Å². The van der Waals surface area contributed by atoms with Crippen LogP contribution < -0.4 is 14.2 Å². The van der Waals surface area contributed by atoms with Crippen LogP contribution in [0.5, 0.6) is 17.2 Å². The Labute approximate surface area is 90.3 Å². The van der Waals surface area contributed by atoms with Gasteiger partial charge in [-0.05, 0) is 19.1 Å². The Hall–Kier alpha value is -1.64. The van der Waals surface area contributed by atoms with Crippen LogP contribution in [-0.4, -0.2) is 21.3 Å². The van der Waals surface area contributed by atoms with Gasteiger partial charge in [-0.25, -0.2) is 0 Å². The zero-order valence-electron chi connectivity index (χ0n) is 9.53. The van der Waals surface area contributed by atoms with Crippen molar-refractivity contribution in [1.82, 2.24) is 0 Å². The molecule has 0 unspecified atom stereocenters. The van der Waals surface area contributed by atoms with E-state index in [2.05, 4.69) is 0 Å². The van der Waals surface area contributed by atoms with E-state index in [0.29, 0.717) is 17.2 Å². The summed E-state index contributed by atoms with van der Waals surface area (Å²) < 4.78 is 15.8. The molecule has 0 N–H and O–H groups in total. The molecule has 1 aromatic rings. The van der Waals surface area contributed by atoms with Gasteiger partial charge in [0, 0.05) is 5.56 Å². The van der Waals surface area contributed by atoms with Crippen LogP contribution >= 0.6 is 0 Å². The fraction of sp³-hybridized carbons (Fsp3) is 0.333. The summed E-state index contributed by atoms with van der Waals surface area (Å²) in [7, 11) is 4.82. The second-order valence-corrected chi connectivity index (χ2v) is 2.92. The van der Waals surface area contributed by atoms with Gasteiger partial charge in [-0.15, -0.1) is 0 Å². The maximum absolute atomic E-state index is 5.31. The average Bonchev–Trinajstić information content (AvgIpc) is 2.28. The van der Waals surface area contributed by atoms with Crippen molar-refractivity contribution in [2.24, 2.45) is 0 Å². The molecule has 3 heteroatoms. The molecule has 0 saturated carbocycles. The van der Waals surface area contributed by atoms with Crippen molar-refractivity contribution in [1.29, 1.82) is 0 Å². The first-order valence-electron chi connectivity index (χ1n) is 4.70. The van der Waals surface area contributed by atoms with Crippen molar-refractivity contribution in [3.8, 4) is 17.2 Å². The summed E-state index contributed by atoms with van der Waals surface area (Å²) in [6.45, 7) is 1.95. The quantitative estimate of drug-likeness (QED) is 0.761. The van der Waals surface area contributed by atoms with E-state index in [1.165, 1.54) is 0 Å². The largest absolute Gasteiger partial charge is 0.493 e. The number of hydrogen-bond acceptors (Lipinski definition) is 3. The molecule has 0 aromatic heterocycles. The summed E-state index contributed by atoms with van der Waals surface area (Å²) in [5, 5.41) is 0. The van der Waals surface area contributed by atoms with Crippen LogP contribution in [0.25, 0.3) is 6.08 Å². The summed E-state index contributed by atoms with van der Waals surface area (Å²) in [6, 6.07) is 3.79. The van der Waals surface area contributed by atoms with Crippen molar-refractivity contribution in [2.45, 2.75) is 6.92 Å². The molecule has 0 spiro atoms. The van der Waals surface area contributed by atoms with Gasteiger partial charge in [0.1, 0.15) is 0 Å². The van der Waals surface area contributed by atoms with Gasteiger partial charge in [-0.2, -0.15) is 0 Å². The number of allylic oxidation sites excluding steroid dienone is 1. The van der Waals surface area contributed by atoms with E-state index in [-0.39, 0.29) is 0 Å². The van der Waals surface area contributed by atoms with Crippen molar-refractivity contribution >= 4 is 6.08 Å². The molecule has 0 fully saturated rings. The SMILES string of the molecule is CC=Cc1ccc(OC)c(OC)c1OC. The van der Waals surface area contributed by atoms with Gasteiger partial charge in [0.15, 0.2) is 11.5 Å². The summed E-state index contributed by atoms with van der Waals surface area (Å²) in [4.78, 5) is 0. The van der Waals surface area contributed by atoms with Gasteiger partial charge in [0.2, 0.25) is 5.75 Å². The van der Waals surface area contributed by atoms with Crippen LogP contribution in [0.2, 0.25) is 0 Å². The van der Waals surface area contributed by atoms with Crippen LogP contribution in [0.3, 0.4) is 0 Å². The molecular formula is C12H16O3. The number of benzene rings is 1. The fourth-order valence-corrected chi connectivity index (χ4v) is 1.44. The average molecular weight is 208 g/mol. The predicted octanol–water partition coefficient (Wildman–Crippen LogP) is 2.75. The lowest BCUT2D eigenvalue weighted by Crippen LogP contribution is -1.96. The molecule has 0 aliphatic heterocycles. The van der Waals surface area contributed by atoms with Crippen LogP contribution in [0.4, 0.5) is 0 Å². The zero-order valence-corrected chi connectivity index (χ0v) is 9.53. The van der Waals surface area contributed by atoms with E-state index in [0.717, 1.165) is 5.56 Å². The van der Waals surface area contributed by atoms with Crippen LogP contribution in [-0.2, 0) is 0 Å². The third-order valence-electron chi connectivity index (χ3n) is 2.08. The Morgan fingerprint density at radius 3 is 2.07 bits per heavy atom. The topological polar surface area (TPSA) is 27.7 Å². The normalized spacial score (nSPS) is 10.4. The Balaban J connectivity index is 3.33. The van der Waals surface area contributed by atoms with Crippen LogP contribution in [0.15, 0.2) is 18.2 Å². The maximum Gasteiger partial charge on any atom is 0.203 e. The van der Waals surface area contributed by atoms with E-state index < -0.39 is 0 Å². The molecule has 0 aliphatic rings. The summed E-state index contributed by atoms with van der Waals surface area (Å²) >= 11 is 0. The molecule has 0 heterocycles. The highest BCUT2D eigenvalue weighted by molar-refractivity contribution is 5.66. The molecule has 1 rings (SSSR count). The molecule has 1 aromatic carbocycles. The van der Waals surface area contributed by atoms with Gasteiger partial charge < -0.3 is 14.2 Å². The van der Waals surface area contributed by atoms with E-state index in [4.69, 9.17) is 14.2 Å².